The summed E-state index contributed by atoms with van der Waals surface area (Å²) in [6, 6.07) is 18.7. The molecule has 45 heavy (non-hydrogen) atoms. The molecule has 5 rings (SSSR count). The monoisotopic (exact) mass is 608 g/mol. The normalized spacial score (nSPS) is 12.2. The average molecular weight is 609 g/mol. The van der Waals surface area contributed by atoms with Crippen LogP contribution in [0.2, 0.25) is 0 Å². The largest absolute Gasteiger partial charge is 0.507 e. The molecular weight excluding hydrogens is 576 g/mol. The fourth-order valence-electron chi connectivity index (χ4n) is 5.17. The van der Waals surface area contributed by atoms with Crippen molar-refractivity contribution < 1.29 is 29.5 Å². The first-order valence-electron chi connectivity index (χ1n) is 14.8. The maximum absolute atomic E-state index is 13.5. The number of carbonyl (C=O) groups is 2. The lowest BCUT2D eigenvalue weighted by molar-refractivity contribution is -0.385. The molecule has 4 aromatic rings. The van der Waals surface area contributed by atoms with E-state index >= 15 is 0 Å². The minimum Gasteiger partial charge on any atom is -0.507 e. The van der Waals surface area contributed by atoms with E-state index in [2.05, 4.69) is 22.5 Å². The molecule has 230 valence electrons. The summed E-state index contributed by atoms with van der Waals surface area (Å²) in [5.41, 5.74) is -0.336. The number of nitrogens with one attached hydrogen (secondary N) is 1. The highest BCUT2D eigenvalue weighted by molar-refractivity contribution is 6.33. The number of benzene rings is 4. The topological polar surface area (TPSA) is 164 Å². The minimum atomic E-state index is -0.934. The van der Waals surface area contributed by atoms with E-state index < -0.39 is 44.8 Å². The summed E-state index contributed by atoms with van der Waals surface area (Å²) in [5, 5.41) is 44.0. The third kappa shape index (κ3) is 6.82. The van der Waals surface area contributed by atoms with Gasteiger partial charge in [0.2, 0.25) is 11.6 Å². The zero-order valence-corrected chi connectivity index (χ0v) is 24.7. The second-order valence-electron chi connectivity index (χ2n) is 10.6. The number of nitro benzene ring substituents is 1. The van der Waals surface area contributed by atoms with Gasteiger partial charge in [0.1, 0.15) is 22.8 Å². The summed E-state index contributed by atoms with van der Waals surface area (Å²) < 4.78 is 5.81. The van der Waals surface area contributed by atoms with Crippen LogP contribution in [0.1, 0.15) is 77.3 Å². The number of aromatic hydroxyl groups is 2. The lowest BCUT2D eigenvalue weighted by Gasteiger charge is -2.22. The average Bonchev–Trinajstić information content (AvgIpc) is 3.04. The van der Waals surface area contributed by atoms with Crippen molar-refractivity contribution in [2.24, 2.45) is 10.2 Å². The molecule has 0 spiro atoms. The predicted molar refractivity (Wildman–Crippen MR) is 169 cm³/mol. The second kappa shape index (κ2) is 13.8. The van der Waals surface area contributed by atoms with Gasteiger partial charge >= 0.3 is 0 Å². The first-order chi connectivity index (χ1) is 21.8. The highest BCUT2D eigenvalue weighted by Crippen LogP contribution is 2.43. The molecule has 0 amide bonds. The number of rotatable bonds is 13. The zero-order chi connectivity index (χ0) is 31.9. The van der Waals surface area contributed by atoms with Crippen molar-refractivity contribution in [3.63, 3.8) is 0 Å². The maximum atomic E-state index is 13.5. The van der Waals surface area contributed by atoms with E-state index in [0.29, 0.717) is 23.7 Å². The summed E-state index contributed by atoms with van der Waals surface area (Å²) in [7, 11) is 0. The van der Waals surface area contributed by atoms with Crippen LogP contribution in [-0.2, 0) is 0 Å². The molecular formula is C34H32N4O7. The van der Waals surface area contributed by atoms with Gasteiger partial charge in [0.25, 0.3) is 5.69 Å². The highest BCUT2D eigenvalue weighted by Gasteiger charge is 2.40. The molecule has 0 saturated carbocycles. The molecule has 0 unspecified atom stereocenters. The standard InChI is InChI=1S/C34H32N4O7/c1-2-3-4-5-6-7-20-45-24-14-12-23(13-15-24)37-36-22-10-8-21(9-11-22)35-25-16-18-27(39)31-29(25)33(41)32-28(40)19-17-26(38(43)44)30(32)34(31)42/h8-19,35,39-40H,2-7,20H2,1H3. The molecule has 0 bridgehead atoms. The Hall–Kier alpha value is -5.58. The number of phenolic OH excluding ortho intramolecular Hbond substituents is 2. The molecule has 0 radical (unpaired) electrons. The van der Waals surface area contributed by atoms with Gasteiger partial charge in [-0.15, -0.1) is 0 Å². The third-order valence-electron chi connectivity index (χ3n) is 7.48. The number of ketones is 2. The number of anilines is 2. The Bertz CT molecular complexity index is 1770. The SMILES string of the molecule is CCCCCCCCOc1ccc(N=Nc2ccc(Nc3ccc(O)c4c3C(=O)c3c(O)ccc([N+](=O)[O-])c3C4=O)cc2)cc1. The Kier molecular flexibility index (Phi) is 9.47. The molecule has 0 aromatic heterocycles. The molecule has 1 aliphatic carbocycles. The molecule has 3 N–H and O–H groups in total. The Morgan fingerprint density at radius 1 is 0.711 bits per heavy atom. The lowest BCUT2D eigenvalue weighted by atomic mass is 9.81. The minimum absolute atomic E-state index is 0.172. The Morgan fingerprint density at radius 3 is 1.91 bits per heavy atom. The smallest absolute Gasteiger partial charge is 0.281 e. The molecule has 1 aliphatic rings. The van der Waals surface area contributed by atoms with Crippen LogP contribution in [0.25, 0.3) is 0 Å². The van der Waals surface area contributed by atoms with Gasteiger partial charge in [0.05, 0.1) is 45.3 Å². The van der Waals surface area contributed by atoms with Crippen LogP contribution < -0.4 is 10.1 Å². The summed E-state index contributed by atoms with van der Waals surface area (Å²) in [6.45, 7) is 2.89. The van der Waals surface area contributed by atoms with E-state index in [-0.39, 0.29) is 16.8 Å². The van der Waals surface area contributed by atoms with Gasteiger partial charge in [-0.2, -0.15) is 10.2 Å². The first-order valence-corrected chi connectivity index (χ1v) is 14.8. The number of nitro groups is 1. The summed E-state index contributed by atoms with van der Waals surface area (Å²) in [6.07, 6.45) is 7.23. The lowest BCUT2D eigenvalue weighted by Crippen LogP contribution is -2.23. The van der Waals surface area contributed by atoms with Crippen molar-refractivity contribution >= 4 is 40.0 Å². The van der Waals surface area contributed by atoms with E-state index in [1.54, 1.807) is 24.3 Å². The number of hydrogen-bond donors (Lipinski definition) is 3. The Morgan fingerprint density at radius 2 is 1.27 bits per heavy atom. The van der Waals surface area contributed by atoms with Crippen LogP contribution in [0.15, 0.2) is 83.0 Å². The fourth-order valence-corrected chi connectivity index (χ4v) is 5.17. The Labute approximate surface area is 259 Å². The number of phenols is 2. The van der Waals surface area contributed by atoms with Gasteiger partial charge in [0, 0.05) is 11.8 Å². The van der Waals surface area contributed by atoms with Crippen LogP contribution >= 0.6 is 0 Å². The molecule has 0 aliphatic heterocycles. The molecule has 0 atom stereocenters. The van der Waals surface area contributed by atoms with Crippen LogP contribution in [0.3, 0.4) is 0 Å². The van der Waals surface area contributed by atoms with Gasteiger partial charge in [-0.25, -0.2) is 0 Å². The van der Waals surface area contributed by atoms with Gasteiger partial charge in [-0.05, 0) is 73.2 Å². The molecule has 0 fully saturated rings. The van der Waals surface area contributed by atoms with Crippen molar-refractivity contribution in [1.29, 1.82) is 0 Å². The molecule has 0 saturated heterocycles. The van der Waals surface area contributed by atoms with Gasteiger partial charge in [-0.1, -0.05) is 39.0 Å². The van der Waals surface area contributed by atoms with Crippen LogP contribution in [0.5, 0.6) is 17.2 Å². The van der Waals surface area contributed by atoms with Crippen LogP contribution in [0.4, 0.5) is 28.4 Å². The number of unbranched alkanes of at least 4 members (excludes halogenated alkanes) is 5. The summed E-state index contributed by atoms with van der Waals surface area (Å²) in [4.78, 5) is 37.6. The van der Waals surface area contributed by atoms with Gasteiger partial charge in [0.15, 0.2) is 0 Å². The van der Waals surface area contributed by atoms with E-state index in [1.807, 2.05) is 24.3 Å². The van der Waals surface area contributed by atoms with Crippen molar-refractivity contribution in [3.05, 3.63) is 105 Å². The highest BCUT2D eigenvalue weighted by atomic mass is 16.6. The van der Waals surface area contributed by atoms with E-state index in [4.69, 9.17) is 4.74 Å². The zero-order valence-electron chi connectivity index (χ0n) is 24.7. The number of hydrogen-bond acceptors (Lipinski definition) is 10. The van der Waals surface area contributed by atoms with Crippen molar-refractivity contribution in [1.82, 2.24) is 0 Å². The maximum Gasteiger partial charge on any atom is 0.281 e. The van der Waals surface area contributed by atoms with E-state index in [1.165, 1.54) is 44.2 Å². The fraction of sp³-hybridized carbons (Fsp3) is 0.235. The number of carbonyl (C=O) groups excluding carboxylic acids is 2. The predicted octanol–water partition coefficient (Wildman–Crippen LogP) is 8.68. The third-order valence-corrected chi connectivity index (χ3v) is 7.48. The molecule has 0 heterocycles. The molecule has 11 nitrogen and oxygen atoms in total. The second-order valence-corrected chi connectivity index (χ2v) is 10.6. The van der Waals surface area contributed by atoms with Crippen molar-refractivity contribution in [2.75, 3.05) is 11.9 Å². The summed E-state index contributed by atoms with van der Waals surface area (Å²) in [5.74, 6) is -2.06. The number of nitrogens with zero attached hydrogens (tertiary/aromatic N) is 3. The van der Waals surface area contributed by atoms with Gasteiger partial charge in [-0.3, -0.25) is 19.7 Å². The van der Waals surface area contributed by atoms with E-state index in [0.717, 1.165) is 24.3 Å². The number of azo groups is 1. The Balaban J connectivity index is 1.26. The van der Waals surface area contributed by atoms with Gasteiger partial charge < -0.3 is 20.3 Å². The van der Waals surface area contributed by atoms with Crippen LogP contribution in [0, 0.1) is 10.1 Å². The number of ether oxygens (including phenoxy) is 1. The van der Waals surface area contributed by atoms with Crippen molar-refractivity contribution in [3.8, 4) is 17.2 Å². The van der Waals surface area contributed by atoms with E-state index in [9.17, 15) is 29.9 Å². The summed E-state index contributed by atoms with van der Waals surface area (Å²) >= 11 is 0. The van der Waals surface area contributed by atoms with Crippen LogP contribution in [-0.4, -0.2) is 33.3 Å². The molecule has 4 aromatic carbocycles. The molecule has 11 heteroatoms. The first kappa shape index (κ1) is 30.9. The number of fused-ring (bicyclic) bond motifs is 2. The quantitative estimate of drug-likeness (QED) is 0.0393. The van der Waals surface area contributed by atoms with Crippen molar-refractivity contribution in [2.45, 2.75) is 45.4 Å².